The molecular formula is C19H20N2O3S2. The highest BCUT2D eigenvalue weighted by atomic mass is 32.2. The average Bonchev–Trinajstić information content (AvgIpc) is 2.90. The Morgan fingerprint density at radius 2 is 1.96 bits per heavy atom. The fraction of sp³-hybridized carbons (Fsp3) is 0.316. The Bertz CT molecular complexity index is 768. The van der Waals surface area contributed by atoms with Crippen molar-refractivity contribution in [1.29, 1.82) is 0 Å². The molecule has 136 valence electrons. The van der Waals surface area contributed by atoms with Crippen LogP contribution in [0, 0.1) is 0 Å². The minimum absolute atomic E-state index is 0.0105. The minimum atomic E-state index is -0.206. The van der Waals surface area contributed by atoms with Gasteiger partial charge in [-0.1, -0.05) is 60.4 Å². The summed E-state index contributed by atoms with van der Waals surface area (Å²) in [6.07, 6.45) is 3.83. The van der Waals surface area contributed by atoms with Crippen LogP contribution in [0.15, 0.2) is 46.9 Å². The van der Waals surface area contributed by atoms with E-state index in [1.54, 1.807) is 4.90 Å². The quantitative estimate of drug-likeness (QED) is 0.586. The number of allylic oxidation sites excluding steroid dienone is 2. The van der Waals surface area contributed by atoms with Crippen LogP contribution in [0.25, 0.3) is 6.08 Å². The van der Waals surface area contributed by atoms with E-state index in [2.05, 4.69) is 0 Å². The van der Waals surface area contributed by atoms with Crippen molar-refractivity contribution in [3.8, 4) is 0 Å². The Hall–Kier alpha value is -1.96. The summed E-state index contributed by atoms with van der Waals surface area (Å²) in [6, 6.07) is 9.90. The van der Waals surface area contributed by atoms with Crippen molar-refractivity contribution in [2.45, 2.75) is 6.92 Å². The van der Waals surface area contributed by atoms with Crippen LogP contribution < -0.4 is 0 Å². The molecule has 1 aromatic rings. The highest BCUT2D eigenvalue weighted by Gasteiger charge is 2.34. The van der Waals surface area contributed by atoms with Crippen molar-refractivity contribution < 1.29 is 14.3 Å². The maximum absolute atomic E-state index is 12.6. The van der Waals surface area contributed by atoms with Gasteiger partial charge in [-0.2, -0.15) is 0 Å². The van der Waals surface area contributed by atoms with E-state index in [0.29, 0.717) is 35.5 Å². The number of nitrogens with zero attached hydrogens (tertiary/aromatic N) is 2. The maximum atomic E-state index is 12.6. The summed E-state index contributed by atoms with van der Waals surface area (Å²) in [4.78, 5) is 28.7. The van der Waals surface area contributed by atoms with Gasteiger partial charge in [-0.3, -0.25) is 14.5 Å². The summed E-state index contributed by atoms with van der Waals surface area (Å²) in [5.74, 6) is -0.301. The first-order valence-corrected chi connectivity index (χ1v) is 9.61. The largest absolute Gasteiger partial charge is 0.378 e. The van der Waals surface area contributed by atoms with Crippen LogP contribution >= 0.6 is 24.0 Å². The van der Waals surface area contributed by atoms with Crippen LogP contribution in [0.4, 0.5) is 0 Å². The number of thiocarbonyl (C=S) groups is 1. The second-order valence-electron chi connectivity index (χ2n) is 6.06. The molecule has 0 aliphatic carbocycles. The van der Waals surface area contributed by atoms with Crippen molar-refractivity contribution in [3.05, 3.63) is 52.4 Å². The fourth-order valence-corrected chi connectivity index (χ4v) is 4.05. The maximum Gasteiger partial charge on any atom is 0.266 e. The van der Waals surface area contributed by atoms with Crippen molar-refractivity contribution in [1.82, 2.24) is 9.80 Å². The molecule has 2 saturated heterocycles. The predicted octanol–water partition coefficient (Wildman–Crippen LogP) is 2.69. The third-order valence-electron chi connectivity index (χ3n) is 4.08. The molecule has 0 atom stereocenters. The van der Waals surface area contributed by atoms with Crippen LogP contribution in [0.3, 0.4) is 0 Å². The molecule has 0 spiro atoms. The molecule has 7 heteroatoms. The lowest BCUT2D eigenvalue weighted by molar-refractivity contribution is -0.138. The lowest BCUT2D eigenvalue weighted by Gasteiger charge is -2.28. The number of morpholine rings is 1. The Labute approximate surface area is 162 Å². The van der Waals surface area contributed by atoms with Gasteiger partial charge < -0.3 is 9.64 Å². The zero-order valence-corrected chi connectivity index (χ0v) is 16.1. The molecule has 5 nitrogen and oxygen atoms in total. The number of ether oxygens (including phenoxy) is 1. The number of amides is 2. The number of carbonyl (C=O) groups is 2. The van der Waals surface area contributed by atoms with Gasteiger partial charge in [-0.25, -0.2) is 0 Å². The summed E-state index contributed by atoms with van der Waals surface area (Å²) >= 11 is 6.55. The molecule has 0 bridgehead atoms. The number of rotatable bonds is 4. The van der Waals surface area contributed by atoms with E-state index in [-0.39, 0.29) is 18.4 Å². The van der Waals surface area contributed by atoms with Crippen molar-refractivity contribution in [2.24, 2.45) is 0 Å². The minimum Gasteiger partial charge on any atom is -0.378 e. The molecular weight excluding hydrogens is 368 g/mol. The van der Waals surface area contributed by atoms with Gasteiger partial charge in [0.05, 0.1) is 18.1 Å². The number of hydrogen-bond acceptors (Lipinski definition) is 5. The third kappa shape index (κ3) is 4.60. The molecule has 26 heavy (non-hydrogen) atoms. The standard InChI is InChI=1S/C19H20N2O3S2/c1-14(11-15-5-3-2-4-6-15)12-16-18(23)21(19(25)26-16)13-17(22)20-7-9-24-10-8-20/h2-6,11-12H,7-10,13H2,1H3. The van der Waals surface area contributed by atoms with Crippen molar-refractivity contribution >= 4 is 46.2 Å². The lowest BCUT2D eigenvalue weighted by atomic mass is 10.1. The van der Waals surface area contributed by atoms with E-state index in [1.807, 2.05) is 49.4 Å². The molecule has 0 saturated carbocycles. The van der Waals surface area contributed by atoms with E-state index in [9.17, 15) is 9.59 Å². The first kappa shape index (κ1) is 18.8. The van der Waals surface area contributed by atoms with E-state index in [4.69, 9.17) is 17.0 Å². The van der Waals surface area contributed by atoms with Gasteiger partial charge in [0.15, 0.2) is 0 Å². The summed E-state index contributed by atoms with van der Waals surface area (Å²) in [5.41, 5.74) is 2.02. The highest BCUT2D eigenvalue weighted by Crippen LogP contribution is 2.32. The van der Waals surface area contributed by atoms with E-state index in [0.717, 1.165) is 11.1 Å². The number of carbonyl (C=O) groups excluding carboxylic acids is 2. The Morgan fingerprint density at radius 1 is 1.27 bits per heavy atom. The fourth-order valence-electron chi connectivity index (χ4n) is 2.74. The topological polar surface area (TPSA) is 49.9 Å². The molecule has 0 N–H and O–H groups in total. The van der Waals surface area contributed by atoms with Gasteiger partial charge in [0.2, 0.25) is 5.91 Å². The zero-order chi connectivity index (χ0) is 18.5. The van der Waals surface area contributed by atoms with E-state index < -0.39 is 0 Å². The van der Waals surface area contributed by atoms with Gasteiger partial charge in [-0.05, 0) is 24.1 Å². The molecule has 1 aromatic carbocycles. The molecule has 2 fully saturated rings. The monoisotopic (exact) mass is 388 g/mol. The Kier molecular flexibility index (Phi) is 6.24. The summed E-state index contributed by atoms with van der Waals surface area (Å²) in [7, 11) is 0. The van der Waals surface area contributed by atoms with Crippen LogP contribution in [0.5, 0.6) is 0 Å². The van der Waals surface area contributed by atoms with E-state index >= 15 is 0 Å². The molecule has 3 rings (SSSR count). The van der Waals surface area contributed by atoms with E-state index in [1.165, 1.54) is 16.7 Å². The van der Waals surface area contributed by atoms with Crippen LogP contribution in [0.2, 0.25) is 0 Å². The average molecular weight is 389 g/mol. The number of thioether (sulfide) groups is 1. The van der Waals surface area contributed by atoms with Gasteiger partial charge in [-0.15, -0.1) is 0 Å². The Morgan fingerprint density at radius 3 is 2.65 bits per heavy atom. The number of benzene rings is 1. The smallest absolute Gasteiger partial charge is 0.266 e. The van der Waals surface area contributed by atoms with Crippen LogP contribution in [-0.4, -0.2) is 58.8 Å². The molecule has 2 aliphatic heterocycles. The van der Waals surface area contributed by atoms with Gasteiger partial charge in [0.1, 0.15) is 10.9 Å². The lowest BCUT2D eigenvalue weighted by Crippen LogP contribution is -2.46. The van der Waals surface area contributed by atoms with Gasteiger partial charge in [0, 0.05) is 13.1 Å². The first-order valence-electron chi connectivity index (χ1n) is 8.39. The third-order valence-corrected chi connectivity index (χ3v) is 5.46. The normalized spacial score (nSPS) is 20.2. The van der Waals surface area contributed by atoms with Crippen LogP contribution in [0.1, 0.15) is 12.5 Å². The van der Waals surface area contributed by atoms with Crippen molar-refractivity contribution in [2.75, 3.05) is 32.8 Å². The first-order chi connectivity index (χ1) is 12.5. The number of hydrogen-bond donors (Lipinski definition) is 0. The highest BCUT2D eigenvalue weighted by molar-refractivity contribution is 8.26. The Balaban J connectivity index is 1.68. The molecule has 2 heterocycles. The molecule has 2 aliphatic rings. The molecule has 0 unspecified atom stereocenters. The molecule has 0 radical (unpaired) electrons. The predicted molar refractivity (Wildman–Crippen MR) is 107 cm³/mol. The van der Waals surface area contributed by atoms with Gasteiger partial charge >= 0.3 is 0 Å². The molecule has 2 amide bonds. The summed E-state index contributed by atoms with van der Waals surface area (Å²) in [6.45, 7) is 4.12. The second-order valence-corrected chi connectivity index (χ2v) is 7.74. The zero-order valence-electron chi connectivity index (χ0n) is 14.5. The summed E-state index contributed by atoms with van der Waals surface area (Å²) < 4.78 is 5.68. The van der Waals surface area contributed by atoms with Crippen LogP contribution in [-0.2, 0) is 14.3 Å². The second kappa shape index (κ2) is 8.62. The van der Waals surface area contributed by atoms with Gasteiger partial charge in [0.25, 0.3) is 5.91 Å². The summed E-state index contributed by atoms with van der Waals surface area (Å²) in [5, 5.41) is 0. The SMILES string of the molecule is CC(=Cc1ccccc1)C=C1SC(=S)N(CC(=O)N2CCOCC2)C1=O. The van der Waals surface area contributed by atoms with Crippen molar-refractivity contribution in [3.63, 3.8) is 0 Å². The molecule has 0 aromatic heterocycles.